The minimum Gasteiger partial charge on any atom is -0.314 e. The van der Waals surface area contributed by atoms with Crippen LogP contribution in [0.15, 0.2) is 0 Å². The van der Waals surface area contributed by atoms with E-state index < -0.39 is 9.84 Å². The van der Waals surface area contributed by atoms with E-state index in [1.54, 1.807) is 0 Å². The van der Waals surface area contributed by atoms with Gasteiger partial charge in [-0.1, -0.05) is 27.7 Å². The lowest BCUT2D eigenvalue weighted by Crippen LogP contribution is -2.35. The molecule has 1 N–H and O–H groups in total. The predicted molar refractivity (Wildman–Crippen MR) is 70.5 cm³/mol. The molecule has 0 aliphatic heterocycles. The van der Waals surface area contributed by atoms with E-state index in [2.05, 4.69) is 26.1 Å². The first-order valence-corrected chi connectivity index (χ1v) is 8.22. The highest BCUT2D eigenvalue weighted by molar-refractivity contribution is 7.91. The minimum absolute atomic E-state index is 0.331. The average Bonchev–Trinajstić information content (AvgIpc) is 2.22. The molecule has 0 amide bonds. The minimum atomic E-state index is -2.81. The molecular formula is C12H27NO2S. The Kier molecular flexibility index (Phi) is 8.02. The molecule has 0 fully saturated rings. The van der Waals surface area contributed by atoms with Crippen LogP contribution in [-0.4, -0.2) is 32.5 Å². The Morgan fingerprint density at radius 2 is 1.75 bits per heavy atom. The second-order valence-electron chi connectivity index (χ2n) is 4.49. The molecule has 0 aliphatic carbocycles. The Hall–Kier alpha value is -0.0900. The summed E-state index contributed by atoms with van der Waals surface area (Å²) >= 11 is 0. The van der Waals surface area contributed by atoms with Crippen LogP contribution in [0.5, 0.6) is 0 Å². The van der Waals surface area contributed by atoms with E-state index in [9.17, 15) is 8.42 Å². The van der Waals surface area contributed by atoms with Crippen LogP contribution in [0.3, 0.4) is 0 Å². The van der Waals surface area contributed by atoms with Crippen LogP contribution >= 0.6 is 0 Å². The molecule has 16 heavy (non-hydrogen) atoms. The van der Waals surface area contributed by atoms with E-state index in [4.69, 9.17) is 0 Å². The van der Waals surface area contributed by atoms with Gasteiger partial charge in [0.15, 0.2) is 0 Å². The number of hydrogen-bond donors (Lipinski definition) is 1. The smallest absolute Gasteiger partial charge is 0.150 e. The summed E-state index contributed by atoms with van der Waals surface area (Å²) in [4.78, 5) is 0. The molecular weight excluding hydrogens is 222 g/mol. The SMILES string of the molecule is CCCS(=O)(=O)CCC(C)C(CC)NCC. The van der Waals surface area contributed by atoms with Crippen molar-refractivity contribution in [3.05, 3.63) is 0 Å². The van der Waals surface area contributed by atoms with Crippen LogP contribution in [0.2, 0.25) is 0 Å². The van der Waals surface area contributed by atoms with Crippen LogP contribution < -0.4 is 5.32 Å². The van der Waals surface area contributed by atoms with Gasteiger partial charge in [-0.3, -0.25) is 0 Å². The lowest BCUT2D eigenvalue weighted by Gasteiger charge is -2.23. The zero-order chi connectivity index (χ0) is 12.6. The maximum atomic E-state index is 11.6. The van der Waals surface area contributed by atoms with Crippen molar-refractivity contribution in [2.75, 3.05) is 18.1 Å². The van der Waals surface area contributed by atoms with Crippen molar-refractivity contribution in [2.24, 2.45) is 5.92 Å². The van der Waals surface area contributed by atoms with Gasteiger partial charge in [-0.2, -0.15) is 0 Å². The molecule has 0 rings (SSSR count). The zero-order valence-electron chi connectivity index (χ0n) is 11.1. The highest BCUT2D eigenvalue weighted by Crippen LogP contribution is 2.13. The Bertz CT molecular complexity index is 262. The number of rotatable bonds is 9. The fourth-order valence-corrected chi connectivity index (χ4v) is 3.55. The van der Waals surface area contributed by atoms with E-state index in [-0.39, 0.29) is 0 Å². The Balaban J connectivity index is 4.09. The van der Waals surface area contributed by atoms with Gasteiger partial charge in [-0.25, -0.2) is 8.42 Å². The van der Waals surface area contributed by atoms with E-state index >= 15 is 0 Å². The van der Waals surface area contributed by atoms with Gasteiger partial charge in [-0.05, 0) is 31.7 Å². The summed E-state index contributed by atoms with van der Waals surface area (Å²) in [5, 5.41) is 3.41. The molecule has 0 radical (unpaired) electrons. The van der Waals surface area contributed by atoms with Crippen molar-refractivity contribution in [3.8, 4) is 0 Å². The predicted octanol–water partition coefficient (Wildman–Crippen LogP) is 2.23. The fourth-order valence-electron chi connectivity index (χ4n) is 1.99. The molecule has 2 unspecified atom stereocenters. The molecule has 2 atom stereocenters. The second kappa shape index (κ2) is 8.07. The summed E-state index contributed by atoms with van der Waals surface area (Å²) in [5.41, 5.74) is 0. The molecule has 0 aromatic heterocycles. The Morgan fingerprint density at radius 1 is 1.12 bits per heavy atom. The molecule has 98 valence electrons. The third-order valence-electron chi connectivity index (χ3n) is 2.99. The third-order valence-corrected chi connectivity index (χ3v) is 4.88. The van der Waals surface area contributed by atoms with Crippen molar-refractivity contribution in [3.63, 3.8) is 0 Å². The van der Waals surface area contributed by atoms with Gasteiger partial charge in [0.05, 0.1) is 5.75 Å². The van der Waals surface area contributed by atoms with Crippen LogP contribution in [-0.2, 0) is 9.84 Å². The van der Waals surface area contributed by atoms with Crippen molar-refractivity contribution < 1.29 is 8.42 Å². The molecule has 0 aromatic rings. The normalized spacial score (nSPS) is 16.0. The molecule has 0 aromatic carbocycles. The molecule has 0 bridgehead atoms. The molecule has 0 saturated carbocycles. The molecule has 3 nitrogen and oxygen atoms in total. The summed E-state index contributed by atoms with van der Waals surface area (Å²) in [5.74, 6) is 1.10. The maximum absolute atomic E-state index is 11.6. The average molecular weight is 249 g/mol. The van der Waals surface area contributed by atoms with Crippen LogP contribution in [0.25, 0.3) is 0 Å². The van der Waals surface area contributed by atoms with Crippen molar-refractivity contribution in [1.82, 2.24) is 5.32 Å². The largest absolute Gasteiger partial charge is 0.314 e. The highest BCUT2D eigenvalue weighted by Gasteiger charge is 2.17. The molecule has 0 heterocycles. The van der Waals surface area contributed by atoms with Gasteiger partial charge >= 0.3 is 0 Å². The number of sulfone groups is 1. The molecule has 0 aliphatic rings. The quantitative estimate of drug-likeness (QED) is 0.681. The second-order valence-corrected chi connectivity index (χ2v) is 6.79. The van der Waals surface area contributed by atoms with Gasteiger partial charge in [0.2, 0.25) is 0 Å². The van der Waals surface area contributed by atoms with Crippen LogP contribution in [0.4, 0.5) is 0 Å². The van der Waals surface area contributed by atoms with Crippen LogP contribution in [0.1, 0.15) is 47.0 Å². The first-order chi connectivity index (χ1) is 7.46. The lowest BCUT2D eigenvalue weighted by atomic mass is 9.97. The zero-order valence-corrected chi connectivity index (χ0v) is 11.9. The van der Waals surface area contributed by atoms with Gasteiger partial charge in [0, 0.05) is 11.8 Å². The first kappa shape index (κ1) is 15.9. The maximum Gasteiger partial charge on any atom is 0.150 e. The van der Waals surface area contributed by atoms with Crippen molar-refractivity contribution >= 4 is 9.84 Å². The topological polar surface area (TPSA) is 46.2 Å². The van der Waals surface area contributed by atoms with Crippen molar-refractivity contribution in [2.45, 2.75) is 53.0 Å². The Labute approximate surface area is 101 Å². The summed E-state index contributed by atoms with van der Waals surface area (Å²) in [6.07, 6.45) is 2.55. The van der Waals surface area contributed by atoms with E-state index in [1.165, 1.54) is 0 Å². The first-order valence-electron chi connectivity index (χ1n) is 6.40. The van der Waals surface area contributed by atoms with E-state index in [1.807, 2.05) is 6.92 Å². The summed E-state index contributed by atoms with van der Waals surface area (Å²) < 4.78 is 23.2. The van der Waals surface area contributed by atoms with Gasteiger partial charge in [0.25, 0.3) is 0 Å². The monoisotopic (exact) mass is 249 g/mol. The van der Waals surface area contributed by atoms with Gasteiger partial charge < -0.3 is 5.32 Å². The van der Waals surface area contributed by atoms with Crippen LogP contribution in [0, 0.1) is 5.92 Å². The van der Waals surface area contributed by atoms with Gasteiger partial charge in [0.1, 0.15) is 9.84 Å². The molecule has 0 spiro atoms. The third kappa shape index (κ3) is 6.48. The summed E-state index contributed by atoms with van der Waals surface area (Å²) in [7, 11) is -2.81. The molecule has 0 saturated heterocycles. The fraction of sp³-hybridized carbons (Fsp3) is 1.00. The summed E-state index contributed by atoms with van der Waals surface area (Å²) in [6.45, 7) is 9.23. The number of nitrogens with one attached hydrogen (secondary N) is 1. The Morgan fingerprint density at radius 3 is 2.19 bits per heavy atom. The lowest BCUT2D eigenvalue weighted by molar-refractivity contribution is 0.364. The number of hydrogen-bond acceptors (Lipinski definition) is 3. The highest BCUT2D eigenvalue weighted by atomic mass is 32.2. The molecule has 4 heteroatoms. The van der Waals surface area contributed by atoms with E-state index in [0.29, 0.717) is 23.5 Å². The van der Waals surface area contributed by atoms with E-state index in [0.717, 1.165) is 25.8 Å². The standard InChI is InChI=1S/C12H27NO2S/c1-5-9-16(14,15)10-8-11(4)12(6-2)13-7-3/h11-13H,5-10H2,1-4H3. The van der Waals surface area contributed by atoms with Crippen molar-refractivity contribution in [1.29, 1.82) is 0 Å². The summed E-state index contributed by atoms with van der Waals surface area (Å²) in [6, 6.07) is 0.446. The van der Waals surface area contributed by atoms with Gasteiger partial charge in [-0.15, -0.1) is 0 Å².